The third-order valence-corrected chi connectivity index (χ3v) is 6.40. The number of methoxy groups -OCH3 is 1. The predicted octanol–water partition coefficient (Wildman–Crippen LogP) is 5.64. The fraction of sp³-hybridized carbons (Fsp3) is 0.172. The van der Waals surface area contributed by atoms with Crippen molar-refractivity contribution < 1.29 is 18.7 Å². The molecule has 0 aliphatic rings. The van der Waals surface area contributed by atoms with Gasteiger partial charge in [-0.25, -0.2) is 9.37 Å². The van der Waals surface area contributed by atoms with Crippen molar-refractivity contribution in [3.05, 3.63) is 84.2 Å². The zero-order chi connectivity index (χ0) is 27.5. The average molecular weight is 527 g/mol. The van der Waals surface area contributed by atoms with Gasteiger partial charge in [-0.1, -0.05) is 6.92 Å². The van der Waals surface area contributed by atoms with Gasteiger partial charge in [0.2, 0.25) is 5.95 Å². The lowest BCUT2D eigenvalue weighted by Crippen LogP contribution is -2.21. The summed E-state index contributed by atoms with van der Waals surface area (Å²) in [6.07, 6.45) is 5.44. The SMILES string of the molecule is CCc1c(Oc2ccc3c(c2)nc(Nc2cc(-c4ccncc4)cc(F)c2OC)n3C)ccnc1C(=O)NC. The number of nitrogens with one attached hydrogen (secondary N) is 2. The van der Waals surface area contributed by atoms with Gasteiger partial charge in [0.25, 0.3) is 5.91 Å². The lowest BCUT2D eigenvalue weighted by molar-refractivity contribution is 0.0956. The second-order valence-electron chi connectivity index (χ2n) is 8.72. The predicted molar refractivity (Wildman–Crippen MR) is 147 cm³/mol. The van der Waals surface area contributed by atoms with Crippen LogP contribution >= 0.6 is 0 Å². The van der Waals surface area contributed by atoms with Crippen LogP contribution in [0, 0.1) is 5.82 Å². The number of aryl methyl sites for hydroxylation is 1. The number of pyridine rings is 2. The zero-order valence-corrected chi connectivity index (χ0v) is 21.9. The first kappa shape index (κ1) is 25.7. The lowest BCUT2D eigenvalue weighted by atomic mass is 10.1. The number of halogens is 1. The molecular formula is C29H27FN6O3. The average Bonchev–Trinajstić information content (AvgIpc) is 3.26. The van der Waals surface area contributed by atoms with Crippen LogP contribution < -0.4 is 20.1 Å². The fourth-order valence-electron chi connectivity index (χ4n) is 4.43. The molecule has 198 valence electrons. The van der Waals surface area contributed by atoms with Crippen LogP contribution in [0.1, 0.15) is 23.0 Å². The van der Waals surface area contributed by atoms with Crippen LogP contribution in [0.2, 0.25) is 0 Å². The van der Waals surface area contributed by atoms with E-state index in [1.54, 1.807) is 31.7 Å². The second kappa shape index (κ2) is 10.8. The molecule has 9 nitrogen and oxygen atoms in total. The molecule has 0 spiro atoms. The van der Waals surface area contributed by atoms with Gasteiger partial charge in [-0.2, -0.15) is 0 Å². The number of nitrogens with zero attached hydrogens (tertiary/aromatic N) is 4. The molecule has 0 unspecified atom stereocenters. The number of hydrogen-bond acceptors (Lipinski definition) is 7. The van der Waals surface area contributed by atoms with E-state index in [4.69, 9.17) is 14.5 Å². The maximum Gasteiger partial charge on any atom is 0.270 e. The van der Waals surface area contributed by atoms with Crippen LogP contribution in [0.3, 0.4) is 0 Å². The number of benzene rings is 2. The van der Waals surface area contributed by atoms with Crippen molar-refractivity contribution in [2.75, 3.05) is 19.5 Å². The topological polar surface area (TPSA) is 103 Å². The van der Waals surface area contributed by atoms with Gasteiger partial charge in [-0.05, 0) is 60.0 Å². The molecule has 0 aliphatic carbocycles. The molecule has 2 aromatic carbocycles. The van der Waals surface area contributed by atoms with Crippen LogP contribution in [0.4, 0.5) is 16.0 Å². The third kappa shape index (κ3) is 4.96. The first-order valence-electron chi connectivity index (χ1n) is 12.3. The van der Waals surface area contributed by atoms with Gasteiger partial charge in [0.1, 0.15) is 17.2 Å². The summed E-state index contributed by atoms with van der Waals surface area (Å²) in [6.45, 7) is 1.94. The zero-order valence-electron chi connectivity index (χ0n) is 21.9. The molecule has 0 bridgehead atoms. The molecule has 1 amide bonds. The second-order valence-corrected chi connectivity index (χ2v) is 8.72. The summed E-state index contributed by atoms with van der Waals surface area (Å²) in [4.78, 5) is 25.2. The normalized spacial score (nSPS) is 10.9. The van der Waals surface area contributed by atoms with Gasteiger partial charge in [0.05, 0.1) is 23.8 Å². The van der Waals surface area contributed by atoms with E-state index in [0.717, 1.165) is 11.1 Å². The lowest BCUT2D eigenvalue weighted by Gasteiger charge is -2.14. The number of hydrogen-bond donors (Lipinski definition) is 2. The summed E-state index contributed by atoms with van der Waals surface area (Å²) in [6, 6.07) is 14.1. The minimum absolute atomic E-state index is 0.0839. The first-order chi connectivity index (χ1) is 18.9. The van der Waals surface area contributed by atoms with Crippen molar-refractivity contribution in [1.29, 1.82) is 0 Å². The van der Waals surface area contributed by atoms with E-state index in [9.17, 15) is 9.18 Å². The Bertz CT molecular complexity index is 1670. The minimum Gasteiger partial charge on any atom is -0.492 e. The molecule has 0 radical (unpaired) electrons. The van der Waals surface area contributed by atoms with E-state index in [1.165, 1.54) is 13.2 Å². The minimum atomic E-state index is -0.496. The van der Waals surface area contributed by atoms with Gasteiger partial charge in [-0.3, -0.25) is 14.8 Å². The van der Waals surface area contributed by atoms with Gasteiger partial charge < -0.3 is 24.7 Å². The highest BCUT2D eigenvalue weighted by Gasteiger charge is 2.18. The first-order valence-corrected chi connectivity index (χ1v) is 12.3. The standard InChI is InChI=1S/C29H27FN6O3/c1-5-20-25(10-13-33-26(20)28(37)31-2)39-19-6-7-24-22(16-19)34-29(36(24)3)35-23-15-18(14-21(30)27(23)38-4)17-8-11-32-12-9-17/h6-16H,5H2,1-4H3,(H,31,37)(H,34,35). The highest BCUT2D eigenvalue weighted by molar-refractivity contribution is 5.94. The Balaban J connectivity index is 1.49. The van der Waals surface area contributed by atoms with Crippen LogP contribution in [0.25, 0.3) is 22.2 Å². The van der Waals surface area contributed by atoms with Crippen LogP contribution in [-0.2, 0) is 13.5 Å². The van der Waals surface area contributed by atoms with Gasteiger partial charge in [0.15, 0.2) is 11.6 Å². The Hall–Kier alpha value is -4.99. The van der Waals surface area contributed by atoms with E-state index in [-0.39, 0.29) is 11.7 Å². The quantitative estimate of drug-likeness (QED) is 0.270. The Kier molecular flexibility index (Phi) is 7.09. The van der Waals surface area contributed by atoms with Crippen molar-refractivity contribution in [3.63, 3.8) is 0 Å². The van der Waals surface area contributed by atoms with E-state index in [0.29, 0.717) is 51.9 Å². The van der Waals surface area contributed by atoms with Crippen molar-refractivity contribution in [1.82, 2.24) is 24.8 Å². The highest BCUT2D eigenvalue weighted by atomic mass is 19.1. The third-order valence-electron chi connectivity index (χ3n) is 6.40. The summed E-state index contributed by atoms with van der Waals surface area (Å²) in [5.74, 6) is 0.913. The van der Waals surface area contributed by atoms with Crippen LogP contribution in [0.5, 0.6) is 17.2 Å². The molecule has 10 heteroatoms. The molecule has 0 atom stereocenters. The number of imidazole rings is 1. The Labute approximate surface area is 224 Å². The fourth-order valence-corrected chi connectivity index (χ4v) is 4.43. The van der Waals surface area contributed by atoms with Gasteiger partial charge in [-0.15, -0.1) is 0 Å². The number of amides is 1. The Morgan fingerprint density at radius 3 is 2.56 bits per heavy atom. The van der Waals surface area contributed by atoms with Crippen molar-refractivity contribution >= 4 is 28.6 Å². The number of fused-ring (bicyclic) bond motifs is 1. The van der Waals surface area contributed by atoms with Crippen molar-refractivity contribution in [2.24, 2.45) is 7.05 Å². The highest BCUT2D eigenvalue weighted by Crippen LogP contribution is 2.36. The van der Waals surface area contributed by atoms with E-state index in [2.05, 4.69) is 20.6 Å². The summed E-state index contributed by atoms with van der Waals surface area (Å²) in [7, 11) is 4.85. The van der Waals surface area contributed by atoms with Crippen LogP contribution in [-0.4, -0.2) is 39.6 Å². The maximum absolute atomic E-state index is 15.0. The van der Waals surface area contributed by atoms with E-state index >= 15 is 0 Å². The maximum atomic E-state index is 15.0. The number of anilines is 2. The number of ether oxygens (including phenoxy) is 2. The van der Waals surface area contributed by atoms with E-state index in [1.807, 2.05) is 54.9 Å². The molecule has 5 rings (SSSR count). The molecule has 5 aromatic rings. The summed E-state index contributed by atoms with van der Waals surface area (Å²) >= 11 is 0. The molecule has 39 heavy (non-hydrogen) atoms. The van der Waals surface area contributed by atoms with E-state index < -0.39 is 5.82 Å². The molecule has 0 aliphatic heterocycles. The van der Waals surface area contributed by atoms with Crippen molar-refractivity contribution in [2.45, 2.75) is 13.3 Å². The van der Waals surface area contributed by atoms with Crippen molar-refractivity contribution in [3.8, 4) is 28.4 Å². The number of rotatable bonds is 8. The van der Waals surface area contributed by atoms with Gasteiger partial charge in [0, 0.05) is 44.3 Å². The smallest absolute Gasteiger partial charge is 0.270 e. The van der Waals surface area contributed by atoms with Crippen LogP contribution in [0.15, 0.2) is 67.1 Å². The molecule has 0 saturated heterocycles. The molecule has 3 aromatic heterocycles. The monoisotopic (exact) mass is 526 g/mol. The molecule has 0 saturated carbocycles. The Morgan fingerprint density at radius 1 is 1.05 bits per heavy atom. The largest absolute Gasteiger partial charge is 0.492 e. The number of carbonyl (C=O) groups is 1. The summed E-state index contributed by atoms with van der Waals surface area (Å²) < 4.78 is 28.4. The summed E-state index contributed by atoms with van der Waals surface area (Å²) in [5.41, 5.74) is 4.48. The molecule has 3 heterocycles. The Morgan fingerprint density at radius 2 is 1.85 bits per heavy atom. The number of carbonyl (C=O) groups excluding carboxylic acids is 1. The molecule has 2 N–H and O–H groups in total. The molecule has 0 fully saturated rings. The van der Waals surface area contributed by atoms with Gasteiger partial charge >= 0.3 is 0 Å². The number of aromatic nitrogens is 4. The summed E-state index contributed by atoms with van der Waals surface area (Å²) in [5, 5.41) is 5.84. The molecular weight excluding hydrogens is 499 g/mol.